The number of carbonyl (C=O) groups is 1. The summed E-state index contributed by atoms with van der Waals surface area (Å²) in [7, 11) is 0. The van der Waals surface area contributed by atoms with Crippen molar-refractivity contribution in [3.63, 3.8) is 0 Å². The molecule has 2 aromatic rings. The van der Waals surface area contributed by atoms with E-state index < -0.39 is 11.8 Å². The number of imidazole rings is 1. The number of halogens is 1. The first-order valence-electron chi connectivity index (χ1n) is 6.21. The van der Waals surface area contributed by atoms with E-state index in [-0.39, 0.29) is 23.7 Å². The number of nitriles is 1. The van der Waals surface area contributed by atoms with Crippen LogP contribution in [-0.2, 0) is 4.74 Å². The van der Waals surface area contributed by atoms with Crippen LogP contribution >= 0.6 is 0 Å². The molecule has 0 fully saturated rings. The van der Waals surface area contributed by atoms with Gasteiger partial charge in [-0.25, -0.2) is 14.2 Å². The van der Waals surface area contributed by atoms with Gasteiger partial charge in [0.15, 0.2) is 5.69 Å². The molecule has 1 aromatic heterocycles. The van der Waals surface area contributed by atoms with Crippen LogP contribution in [0.25, 0.3) is 5.69 Å². The molecule has 2 N–H and O–H groups in total. The normalized spacial score (nSPS) is 10.2. The standard InChI is InChI=1S/C14H13FN4O2/c1-3-21-14(20)12-13(17)19(8(2)18-12)10-4-5-11(15)9(6-10)7-16/h4-6H,3,17H2,1-2H3. The zero-order chi connectivity index (χ0) is 15.6. The van der Waals surface area contributed by atoms with Crippen molar-refractivity contribution in [3.8, 4) is 11.8 Å². The zero-order valence-corrected chi connectivity index (χ0v) is 11.6. The maximum atomic E-state index is 13.4. The number of nitrogens with zero attached hydrogens (tertiary/aromatic N) is 3. The molecule has 0 aliphatic carbocycles. The monoisotopic (exact) mass is 288 g/mol. The van der Waals surface area contributed by atoms with Crippen LogP contribution in [0.5, 0.6) is 0 Å². The van der Waals surface area contributed by atoms with E-state index in [1.807, 2.05) is 0 Å². The number of esters is 1. The molecule has 1 aromatic carbocycles. The van der Waals surface area contributed by atoms with E-state index in [9.17, 15) is 9.18 Å². The van der Waals surface area contributed by atoms with Gasteiger partial charge in [0, 0.05) is 0 Å². The minimum atomic E-state index is -0.625. The number of aryl methyl sites for hydroxylation is 1. The highest BCUT2D eigenvalue weighted by atomic mass is 19.1. The number of hydrogen-bond acceptors (Lipinski definition) is 5. The molecule has 0 amide bonds. The Morgan fingerprint density at radius 3 is 2.90 bits per heavy atom. The molecule has 2 rings (SSSR count). The summed E-state index contributed by atoms with van der Waals surface area (Å²) in [6.07, 6.45) is 0. The topological polar surface area (TPSA) is 93.9 Å². The molecule has 21 heavy (non-hydrogen) atoms. The van der Waals surface area contributed by atoms with Crippen LogP contribution in [0.3, 0.4) is 0 Å². The molecule has 0 spiro atoms. The van der Waals surface area contributed by atoms with Gasteiger partial charge in [-0.1, -0.05) is 0 Å². The molecular weight excluding hydrogens is 275 g/mol. The highest BCUT2D eigenvalue weighted by Gasteiger charge is 2.21. The first-order chi connectivity index (χ1) is 9.99. The van der Waals surface area contributed by atoms with Gasteiger partial charge < -0.3 is 10.5 Å². The smallest absolute Gasteiger partial charge is 0.360 e. The summed E-state index contributed by atoms with van der Waals surface area (Å²) in [5, 5.41) is 8.87. The van der Waals surface area contributed by atoms with Gasteiger partial charge in [-0.05, 0) is 32.0 Å². The third-order valence-corrected chi connectivity index (χ3v) is 2.88. The molecule has 0 aliphatic rings. The van der Waals surface area contributed by atoms with Gasteiger partial charge >= 0.3 is 5.97 Å². The van der Waals surface area contributed by atoms with E-state index in [4.69, 9.17) is 15.7 Å². The third kappa shape index (κ3) is 2.56. The highest BCUT2D eigenvalue weighted by Crippen LogP contribution is 2.22. The Kier molecular flexibility index (Phi) is 3.89. The van der Waals surface area contributed by atoms with Crippen LogP contribution in [-0.4, -0.2) is 22.1 Å². The number of rotatable bonds is 3. The number of nitrogens with two attached hydrogens (primary N) is 1. The maximum absolute atomic E-state index is 13.4. The van der Waals surface area contributed by atoms with Crippen molar-refractivity contribution in [3.05, 3.63) is 41.1 Å². The Morgan fingerprint density at radius 2 is 2.29 bits per heavy atom. The van der Waals surface area contributed by atoms with Crippen molar-refractivity contribution in [2.75, 3.05) is 12.3 Å². The summed E-state index contributed by atoms with van der Waals surface area (Å²) < 4.78 is 19.7. The molecule has 0 saturated heterocycles. The minimum Gasteiger partial charge on any atom is -0.461 e. The molecule has 0 radical (unpaired) electrons. The molecule has 7 heteroatoms. The van der Waals surface area contributed by atoms with Crippen LogP contribution in [0.2, 0.25) is 0 Å². The third-order valence-electron chi connectivity index (χ3n) is 2.88. The lowest BCUT2D eigenvalue weighted by molar-refractivity contribution is 0.0521. The number of hydrogen-bond donors (Lipinski definition) is 1. The summed E-state index contributed by atoms with van der Waals surface area (Å²) in [6, 6.07) is 5.71. The minimum absolute atomic E-state index is 0.00261. The number of nitrogen functional groups attached to an aromatic ring is 1. The number of ether oxygens (including phenoxy) is 1. The van der Waals surface area contributed by atoms with Crippen LogP contribution in [0.4, 0.5) is 10.2 Å². The lowest BCUT2D eigenvalue weighted by Gasteiger charge is -2.08. The maximum Gasteiger partial charge on any atom is 0.360 e. The average molecular weight is 288 g/mol. The summed E-state index contributed by atoms with van der Waals surface area (Å²) in [5.74, 6) is -0.727. The Morgan fingerprint density at radius 1 is 1.57 bits per heavy atom. The van der Waals surface area contributed by atoms with Gasteiger partial charge in [0.25, 0.3) is 0 Å². The molecular formula is C14H13FN4O2. The molecule has 0 saturated carbocycles. The first kappa shape index (κ1) is 14.5. The Hall–Kier alpha value is -2.88. The largest absolute Gasteiger partial charge is 0.461 e. The van der Waals surface area contributed by atoms with E-state index in [1.54, 1.807) is 19.9 Å². The van der Waals surface area contributed by atoms with E-state index in [2.05, 4.69) is 4.98 Å². The van der Waals surface area contributed by atoms with Crippen LogP contribution in [0.1, 0.15) is 28.8 Å². The predicted molar refractivity (Wildman–Crippen MR) is 73.3 cm³/mol. The number of aromatic nitrogens is 2. The van der Waals surface area contributed by atoms with Gasteiger partial charge in [-0.2, -0.15) is 5.26 Å². The van der Waals surface area contributed by atoms with Crippen molar-refractivity contribution in [1.82, 2.24) is 9.55 Å². The average Bonchev–Trinajstić information content (AvgIpc) is 2.75. The lowest BCUT2D eigenvalue weighted by atomic mass is 10.2. The first-order valence-corrected chi connectivity index (χ1v) is 6.21. The van der Waals surface area contributed by atoms with Gasteiger partial charge in [0.05, 0.1) is 17.9 Å². The van der Waals surface area contributed by atoms with Crippen LogP contribution < -0.4 is 5.73 Å². The summed E-state index contributed by atoms with van der Waals surface area (Å²) >= 11 is 0. The second kappa shape index (κ2) is 5.63. The molecule has 108 valence electrons. The lowest BCUT2D eigenvalue weighted by Crippen LogP contribution is -2.09. The van der Waals surface area contributed by atoms with Crippen molar-refractivity contribution >= 4 is 11.8 Å². The zero-order valence-electron chi connectivity index (χ0n) is 11.6. The number of anilines is 1. The molecule has 0 atom stereocenters. The number of carbonyl (C=O) groups excluding carboxylic acids is 1. The second-order valence-electron chi connectivity index (χ2n) is 4.22. The van der Waals surface area contributed by atoms with E-state index in [1.165, 1.54) is 16.7 Å². The fourth-order valence-electron chi connectivity index (χ4n) is 1.96. The van der Waals surface area contributed by atoms with Gasteiger partial charge in [-0.3, -0.25) is 4.57 Å². The SMILES string of the molecule is CCOC(=O)c1nc(C)n(-c2ccc(F)c(C#N)c2)c1N. The Balaban J connectivity index is 2.55. The molecule has 0 aliphatic heterocycles. The van der Waals surface area contributed by atoms with Gasteiger partial charge in [-0.15, -0.1) is 0 Å². The van der Waals surface area contributed by atoms with E-state index in [0.29, 0.717) is 11.5 Å². The molecule has 0 unspecified atom stereocenters. The van der Waals surface area contributed by atoms with Crippen molar-refractivity contribution in [1.29, 1.82) is 5.26 Å². The van der Waals surface area contributed by atoms with E-state index in [0.717, 1.165) is 6.07 Å². The highest BCUT2D eigenvalue weighted by molar-refractivity contribution is 5.92. The van der Waals surface area contributed by atoms with Crippen molar-refractivity contribution in [2.45, 2.75) is 13.8 Å². The predicted octanol–water partition coefficient (Wildman–Crippen LogP) is 1.95. The second-order valence-corrected chi connectivity index (χ2v) is 4.22. The fourth-order valence-corrected chi connectivity index (χ4v) is 1.96. The molecule has 6 nitrogen and oxygen atoms in total. The van der Waals surface area contributed by atoms with Crippen LogP contribution in [0.15, 0.2) is 18.2 Å². The summed E-state index contributed by atoms with van der Waals surface area (Å²) in [5.41, 5.74) is 6.25. The summed E-state index contributed by atoms with van der Waals surface area (Å²) in [4.78, 5) is 15.8. The van der Waals surface area contributed by atoms with E-state index >= 15 is 0 Å². The van der Waals surface area contributed by atoms with Crippen LogP contribution in [0, 0.1) is 24.1 Å². The van der Waals surface area contributed by atoms with Crippen molar-refractivity contribution < 1.29 is 13.9 Å². The van der Waals surface area contributed by atoms with Crippen molar-refractivity contribution in [2.24, 2.45) is 0 Å². The molecule has 0 bridgehead atoms. The Bertz CT molecular complexity index is 746. The Labute approximate surface area is 120 Å². The number of benzene rings is 1. The van der Waals surface area contributed by atoms with Gasteiger partial charge in [0.1, 0.15) is 23.5 Å². The molecule has 1 heterocycles. The van der Waals surface area contributed by atoms with Gasteiger partial charge in [0.2, 0.25) is 0 Å². The summed E-state index contributed by atoms with van der Waals surface area (Å²) in [6.45, 7) is 3.53. The fraction of sp³-hybridized carbons (Fsp3) is 0.214. The quantitative estimate of drug-likeness (QED) is 0.871.